The molecule has 2 rings (SSSR count). The van der Waals surface area contributed by atoms with E-state index in [2.05, 4.69) is 65.6 Å². The van der Waals surface area contributed by atoms with E-state index in [1.54, 1.807) is 0 Å². The first-order chi connectivity index (χ1) is 10.1. The van der Waals surface area contributed by atoms with Crippen molar-refractivity contribution in [1.82, 2.24) is 15.5 Å². The van der Waals surface area contributed by atoms with Crippen LogP contribution in [0.15, 0.2) is 35.3 Å². The molecule has 1 aromatic rings. The summed E-state index contributed by atoms with van der Waals surface area (Å²) in [5.74, 6) is 1.53. The molecule has 0 aliphatic carbocycles. The van der Waals surface area contributed by atoms with Gasteiger partial charge in [0.25, 0.3) is 0 Å². The maximum atomic E-state index is 4.35. The van der Waals surface area contributed by atoms with Gasteiger partial charge in [-0.1, -0.05) is 37.3 Å². The summed E-state index contributed by atoms with van der Waals surface area (Å²) in [5, 5.41) is 6.97. The van der Waals surface area contributed by atoms with Gasteiger partial charge in [0.05, 0.1) is 0 Å². The van der Waals surface area contributed by atoms with Gasteiger partial charge >= 0.3 is 0 Å². The average Bonchev–Trinajstić information content (AvgIpc) is 2.86. The SMILES string of the molecule is CN=C(NCc1ccccc1)NC1CN(C(C)C)CC1C. The fourth-order valence-electron chi connectivity index (χ4n) is 2.77. The van der Waals surface area contributed by atoms with Crippen molar-refractivity contribution in [2.75, 3.05) is 20.1 Å². The highest BCUT2D eigenvalue weighted by atomic mass is 15.3. The number of rotatable bonds is 4. The van der Waals surface area contributed by atoms with Crippen LogP contribution in [-0.2, 0) is 6.54 Å². The Morgan fingerprint density at radius 1 is 1.29 bits per heavy atom. The first-order valence-electron chi connectivity index (χ1n) is 7.85. The predicted molar refractivity (Wildman–Crippen MR) is 89.4 cm³/mol. The van der Waals surface area contributed by atoms with Gasteiger partial charge in [-0.15, -0.1) is 0 Å². The Balaban J connectivity index is 1.85. The Labute approximate surface area is 128 Å². The van der Waals surface area contributed by atoms with Gasteiger partial charge in [-0.2, -0.15) is 0 Å². The number of likely N-dealkylation sites (tertiary alicyclic amines) is 1. The van der Waals surface area contributed by atoms with Crippen molar-refractivity contribution >= 4 is 5.96 Å². The smallest absolute Gasteiger partial charge is 0.191 e. The van der Waals surface area contributed by atoms with Crippen LogP contribution in [0.2, 0.25) is 0 Å². The summed E-state index contributed by atoms with van der Waals surface area (Å²) in [4.78, 5) is 6.87. The largest absolute Gasteiger partial charge is 0.352 e. The van der Waals surface area contributed by atoms with Gasteiger partial charge in [-0.05, 0) is 25.3 Å². The van der Waals surface area contributed by atoms with Gasteiger partial charge in [-0.25, -0.2) is 0 Å². The Morgan fingerprint density at radius 3 is 2.57 bits per heavy atom. The van der Waals surface area contributed by atoms with Crippen LogP contribution in [0.5, 0.6) is 0 Å². The zero-order chi connectivity index (χ0) is 15.2. The van der Waals surface area contributed by atoms with Gasteiger partial charge < -0.3 is 10.6 Å². The normalized spacial score (nSPS) is 23.6. The molecular formula is C17H28N4. The van der Waals surface area contributed by atoms with Crippen LogP contribution in [0.3, 0.4) is 0 Å². The summed E-state index contributed by atoms with van der Waals surface area (Å²) in [6, 6.07) is 11.5. The van der Waals surface area contributed by atoms with E-state index in [0.717, 1.165) is 25.6 Å². The van der Waals surface area contributed by atoms with Gasteiger partial charge in [0.2, 0.25) is 0 Å². The molecule has 2 N–H and O–H groups in total. The van der Waals surface area contributed by atoms with E-state index in [1.165, 1.54) is 5.56 Å². The van der Waals surface area contributed by atoms with Crippen molar-refractivity contribution < 1.29 is 0 Å². The molecule has 1 heterocycles. The number of nitrogens with zero attached hydrogens (tertiary/aromatic N) is 2. The Bertz CT molecular complexity index is 455. The average molecular weight is 288 g/mol. The number of aliphatic imine (C=N–C) groups is 1. The van der Waals surface area contributed by atoms with Gasteiger partial charge in [0.1, 0.15) is 0 Å². The van der Waals surface area contributed by atoms with E-state index < -0.39 is 0 Å². The van der Waals surface area contributed by atoms with E-state index in [1.807, 2.05) is 13.1 Å². The van der Waals surface area contributed by atoms with Crippen molar-refractivity contribution in [3.8, 4) is 0 Å². The zero-order valence-electron chi connectivity index (χ0n) is 13.6. The van der Waals surface area contributed by atoms with Crippen LogP contribution in [0, 0.1) is 5.92 Å². The molecule has 0 aromatic heterocycles. The molecular weight excluding hydrogens is 260 g/mol. The topological polar surface area (TPSA) is 39.7 Å². The second kappa shape index (κ2) is 7.46. The van der Waals surface area contributed by atoms with Crippen molar-refractivity contribution in [2.24, 2.45) is 10.9 Å². The molecule has 1 aliphatic heterocycles. The van der Waals surface area contributed by atoms with Crippen LogP contribution in [0.4, 0.5) is 0 Å². The summed E-state index contributed by atoms with van der Waals surface area (Å²) in [7, 11) is 1.83. The lowest BCUT2D eigenvalue weighted by Gasteiger charge is -2.22. The molecule has 0 spiro atoms. The van der Waals surface area contributed by atoms with Crippen LogP contribution in [0.1, 0.15) is 26.3 Å². The molecule has 116 valence electrons. The molecule has 0 amide bonds. The Morgan fingerprint density at radius 2 is 2.00 bits per heavy atom. The van der Waals surface area contributed by atoms with Crippen LogP contribution in [-0.4, -0.2) is 43.1 Å². The van der Waals surface area contributed by atoms with Crippen molar-refractivity contribution in [3.05, 3.63) is 35.9 Å². The lowest BCUT2D eigenvalue weighted by molar-refractivity contribution is 0.265. The van der Waals surface area contributed by atoms with Crippen LogP contribution in [0.25, 0.3) is 0 Å². The molecule has 0 saturated carbocycles. The summed E-state index contributed by atoms with van der Waals surface area (Å²) in [5.41, 5.74) is 1.27. The molecule has 1 aromatic carbocycles. The van der Waals surface area contributed by atoms with Gasteiger partial charge in [0.15, 0.2) is 5.96 Å². The Hall–Kier alpha value is -1.55. The zero-order valence-corrected chi connectivity index (χ0v) is 13.6. The maximum Gasteiger partial charge on any atom is 0.191 e. The van der Waals surface area contributed by atoms with E-state index >= 15 is 0 Å². The lowest BCUT2D eigenvalue weighted by Crippen LogP contribution is -2.46. The number of benzene rings is 1. The molecule has 2 unspecified atom stereocenters. The minimum Gasteiger partial charge on any atom is -0.352 e. The van der Waals surface area contributed by atoms with Crippen molar-refractivity contribution in [2.45, 2.75) is 39.4 Å². The number of hydrogen-bond donors (Lipinski definition) is 2. The number of nitrogens with one attached hydrogen (secondary N) is 2. The first-order valence-corrected chi connectivity index (χ1v) is 7.85. The predicted octanol–water partition coefficient (Wildman–Crippen LogP) is 2.08. The first kappa shape index (κ1) is 15.8. The van der Waals surface area contributed by atoms with E-state index in [-0.39, 0.29) is 0 Å². The van der Waals surface area contributed by atoms with Crippen LogP contribution < -0.4 is 10.6 Å². The molecule has 21 heavy (non-hydrogen) atoms. The number of hydrogen-bond acceptors (Lipinski definition) is 2. The second-order valence-corrected chi connectivity index (χ2v) is 6.19. The maximum absolute atomic E-state index is 4.35. The highest BCUT2D eigenvalue weighted by Gasteiger charge is 2.31. The quantitative estimate of drug-likeness (QED) is 0.658. The van der Waals surface area contributed by atoms with Crippen molar-refractivity contribution in [3.63, 3.8) is 0 Å². The summed E-state index contributed by atoms with van der Waals surface area (Å²) < 4.78 is 0. The summed E-state index contributed by atoms with van der Waals surface area (Å²) in [6.45, 7) is 9.88. The number of guanidine groups is 1. The fraction of sp³-hybridized carbons (Fsp3) is 0.588. The van der Waals surface area contributed by atoms with Crippen molar-refractivity contribution in [1.29, 1.82) is 0 Å². The second-order valence-electron chi connectivity index (χ2n) is 6.19. The molecule has 0 radical (unpaired) electrons. The summed E-state index contributed by atoms with van der Waals surface area (Å²) >= 11 is 0. The van der Waals surface area contributed by atoms with E-state index in [0.29, 0.717) is 18.0 Å². The van der Waals surface area contributed by atoms with Gasteiger partial charge in [-0.3, -0.25) is 9.89 Å². The molecule has 2 atom stereocenters. The highest BCUT2D eigenvalue weighted by molar-refractivity contribution is 5.80. The minimum absolute atomic E-state index is 0.467. The third-order valence-electron chi connectivity index (χ3n) is 4.22. The molecule has 4 nitrogen and oxygen atoms in total. The van der Waals surface area contributed by atoms with E-state index in [9.17, 15) is 0 Å². The molecule has 0 bridgehead atoms. The monoisotopic (exact) mass is 288 g/mol. The third-order valence-corrected chi connectivity index (χ3v) is 4.22. The van der Waals surface area contributed by atoms with Crippen LogP contribution >= 0.6 is 0 Å². The molecule has 1 fully saturated rings. The fourth-order valence-corrected chi connectivity index (χ4v) is 2.77. The summed E-state index contributed by atoms with van der Waals surface area (Å²) in [6.07, 6.45) is 0. The highest BCUT2D eigenvalue weighted by Crippen LogP contribution is 2.18. The molecule has 1 aliphatic rings. The molecule has 4 heteroatoms. The van der Waals surface area contributed by atoms with Gasteiger partial charge in [0, 0.05) is 38.8 Å². The lowest BCUT2D eigenvalue weighted by atomic mass is 10.1. The van der Waals surface area contributed by atoms with E-state index in [4.69, 9.17) is 0 Å². The minimum atomic E-state index is 0.467. The Kier molecular flexibility index (Phi) is 5.62. The molecule has 1 saturated heterocycles. The third kappa shape index (κ3) is 4.46. The standard InChI is InChI=1S/C17H28N4/c1-13(2)21-11-14(3)16(12-21)20-17(18-4)19-10-15-8-6-5-7-9-15/h5-9,13-14,16H,10-12H2,1-4H3,(H2,18,19,20).